The molecule has 0 spiro atoms. The quantitative estimate of drug-likeness (QED) is 0.714. The fourth-order valence-electron chi connectivity index (χ4n) is 2.76. The minimum Gasteiger partial charge on any atom is -0.495 e. The molecular weight excluding hydrogens is 350 g/mol. The molecule has 0 bridgehead atoms. The first-order valence-corrected chi connectivity index (χ1v) is 9.04. The molecule has 0 saturated heterocycles. The number of carbonyl (C=O) groups is 1. The van der Waals surface area contributed by atoms with Crippen LogP contribution in [0.3, 0.4) is 0 Å². The van der Waals surface area contributed by atoms with Crippen LogP contribution in [0.4, 0.5) is 5.69 Å². The highest BCUT2D eigenvalue weighted by Gasteiger charge is 2.18. The minimum atomic E-state index is -0.298. The molecule has 140 valence electrons. The zero-order valence-corrected chi connectivity index (χ0v) is 16.7. The van der Waals surface area contributed by atoms with Gasteiger partial charge in [0.2, 0.25) is 5.91 Å². The Bertz CT molecular complexity index is 757. The van der Waals surface area contributed by atoms with Crippen LogP contribution in [0.15, 0.2) is 36.4 Å². The number of anilines is 1. The molecule has 0 aliphatic carbocycles. The van der Waals surface area contributed by atoms with E-state index in [4.69, 9.17) is 21.1 Å². The molecule has 0 aromatic heterocycles. The predicted molar refractivity (Wildman–Crippen MR) is 107 cm³/mol. The normalized spacial score (nSPS) is 12.0. The van der Waals surface area contributed by atoms with Gasteiger partial charge in [0, 0.05) is 6.07 Å². The van der Waals surface area contributed by atoms with Gasteiger partial charge < -0.3 is 14.8 Å². The third kappa shape index (κ3) is 4.92. The van der Waals surface area contributed by atoms with Gasteiger partial charge in [0.15, 0.2) is 0 Å². The smallest absolute Gasteiger partial charge is 0.231 e. The second kappa shape index (κ2) is 8.95. The van der Waals surface area contributed by atoms with Gasteiger partial charge in [-0.1, -0.05) is 49.7 Å². The fraction of sp³-hybridized carbons (Fsp3) is 0.381. The number of amides is 1. The molecule has 2 aromatic carbocycles. The number of nitrogens with one attached hydrogen (secondary N) is 1. The Morgan fingerprint density at radius 2 is 1.65 bits per heavy atom. The largest absolute Gasteiger partial charge is 0.495 e. The number of hydrogen-bond donors (Lipinski definition) is 1. The van der Waals surface area contributed by atoms with E-state index in [1.165, 1.54) is 19.8 Å². The molecule has 0 unspecified atom stereocenters. The Hall–Kier alpha value is -2.20. The number of methoxy groups -OCH3 is 2. The van der Waals surface area contributed by atoms with Gasteiger partial charge in [-0.3, -0.25) is 4.79 Å². The summed E-state index contributed by atoms with van der Waals surface area (Å²) >= 11 is 6.17. The zero-order chi connectivity index (χ0) is 19.3. The molecule has 4 nitrogen and oxygen atoms in total. The van der Waals surface area contributed by atoms with E-state index < -0.39 is 0 Å². The lowest BCUT2D eigenvalue weighted by molar-refractivity contribution is -0.117. The van der Waals surface area contributed by atoms with Crippen molar-refractivity contribution in [2.75, 3.05) is 19.5 Å². The third-order valence-electron chi connectivity index (χ3n) is 4.25. The van der Waals surface area contributed by atoms with Gasteiger partial charge in [-0.2, -0.15) is 0 Å². The highest BCUT2D eigenvalue weighted by Crippen LogP contribution is 2.36. The van der Waals surface area contributed by atoms with E-state index >= 15 is 0 Å². The first-order chi connectivity index (χ1) is 12.3. The van der Waals surface area contributed by atoms with E-state index in [1.54, 1.807) is 12.1 Å². The maximum Gasteiger partial charge on any atom is 0.231 e. The van der Waals surface area contributed by atoms with Crippen molar-refractivity contribution in [3.8, 4) is 11.5 Å². The van der Waals surface area contributed by atoms with E-state index in [1.807, 2.05) is 19.1 Å². The average Bonchev–Trinajstić information content (AvgIpc) is 2.61. The summed E-state index contributed by atoms with van der Waals surface area (Å²) in [6.45, 7) is 6.26. The van der Waals surface area contributed by atoms with Crippen LogP contribution in [-0.4, -0.2) is 20.1 Å². The van der Waals surface area contributed by atoms with Crippen LogP contribution >= 0.6 is 11.6 Å². The molecule has 1 amide bonds. The van der Waals surface area contributed by atoms with E-state index in [0.717, 1.165) is 12.0 Å². The molecule has 0 saturated carbocycles. The van der Waals surface area contributed by atoms with Gasteiger partial charge in [-0.25, -0.2) is 0 Å². The zero-order valence-electron chi connectivity index (χ0n) is 15.9. The van der Waals surface area contributed by atoms with Crippen molar-refractivity contribution >= 4 is 23.2 Å². The summed E-state index contributed by atoms with van der Waals surface area (Å²) in [6.07, 6.45) is 1.03. The van der Waals surface area contributed by atoms with E-state index in [-0.39, 0.29) is 11.8 Å². The summed E-state index contributed by atoms with van der Waals surface area (Å²) in [5.74, 6) is 1.18. The van der Waals surface area contributed by atoms with Crippen molar-refractivity contribution in [1.82, 2.24) is 0 Å². The Balaban J connectivity index is 2.15. The predicted octanol–water partition coefficient (Wildman–Crippen LogP) is 5.30. The number of hydrogen-bond acceptors (Lipinski definition) is 3. The fourth-order valence-corrected chi connectivity index (χ4v) is 3.00. The molecule has 0 heterocycles. The van der Waals surface area contributed by atoms with Crippen LogP contribution in [-0.2, 0) is 11.2 Å². The molecule has 1 N–H and O–H groups in total. The monoisotopic (exact) mass is 375 g/mol. The first-order valence-electron chi connectivity index (χ1n) is 8.67. The van der Waals surface area contributed by atoms with Gasteiger partial charge in [-0.05, 0) is 36.5 Å². The molecule has 0 aliphatic heterocycles. The summed E-state index contributed by atoms with van der Waals surface area (Å²) in [4.78, 5) is 12.7. The Kier molecular flexibility index (Phi) is 6.92. The van der Waals surface area contributed by atoms with Gasteiger partial charge >= 0.3 is 0 Å². The van der Waals surface area contributed by atoms with Crippen LogP contribution in [0.1, 0.15) is 37.8 Å². The van der Waals surface area contributed by atoms with Crippen molar-refractivity contribution in [2.24, 2.45) is 5.92 Å². The molecule has 0 aliphatic rings. The molecule has 2 rings (SSSR count). The van der Waals surface area contributed by atoms with Gasteiger partial charge in [-0.15, -0.1) is 0 Å². The van der Waals surface area contributed by atoms with Crippen LogP contribution in [0.5, 0.6) is 11.5 Å². The van der Waals surface area contributed by atoms with E-state index in [0.29, 0.717) is 28.1 Å². The van der Waals surface area contributed by atoms with Crippen molar-refractivity contribution in [3.63, 3.8) is 0 Å². The second-order valence-electron chi connectivity index (χ2n) is 6.74. The molecule has 5 heteroatoms. The topological polar surface area (TPSA) is 47.6 Å². The lowest BCUT2D eigenvalue weighted by Gasteiger charge is -2.16. The molecule has 0 radical (unpaired) electrons. The number of halogens is 1. The van der Waals surface area contributed by atoms with E-state index in [9.17, 15) is 4.79 Å². The van der Waals surface area contributed by atoms with Gasteiger partial charge in [0.25, 0.3) is 0 Å². The first kappa shape index (κ1) is 20.1. The Morgan fingerprint density at radius 1 is 1.04 bits per heavy atom. The highest BCUT2D eigenvalue weighted by atomic mass is 35.5. The Labute approximate surface area is 160 Å². The maximum absolute atomic E-state index is 12.7. The third-order valence-corrected chi connectivity index (χ3v) is 4.54. The summed E-state index contributed by atoms with van der Waals surface area (Å²) in [5.41, 5.74) is 2.76. The molecule has 26 heavy (non-hydrogen) atoms. The Morgan fingerprint density at radius 3 is 2.19 bits per heavy atom. The number of rotatable bonds is 7. The highest BCUT2D eigenvalue weighted by molar-refractivity contribution is 6.32. The average molecular weight is 376 g/mol. The molecule has 1 atom stereocenters. The standard InChI is InChI=1S/C21H26ClNO3/c1-13(2)10-15-6-8-16(9-7-15)14(3)21(24)23-18-11-17(22)19(25-4)12-20(18)26-5/h6-9,11-14H,10H2,1-5H3,(H,23,24)/t14-/m0/s1. The van der Waals surface area contributed by atoms with Crippen molar-refractivity contribution in [3.05, 3.63) is 52.5 Å². The summed E-state index contributed by atoms with van der Waals surface area (Å²) in [5, 5.41) is 3.31. The van der Waals surface area contributed by atoms with Crippen molar-refractivity contribution in [1.29, 1.82) is 0 Å². The van der Waals surface area contributed by atoms with Gasteiger partial charge in [0.05, 0.1) is 30.8 Å². The number of ether oxygens (including phenoxy) is 2. The lowest BCUT2D eigenvalue weighted by atomic mass is 9.96. The SMILES string of the molecule is COc1cc(OC)c(NC(=O)[C@@H](C)c2ccc(CC(C)C)cc2)cc1Cl. The minimum absolute atomic E-state index is 0.124. The summed E-state index contributed by atoms with van der Waals surface area (Å²) in [7, 11) is 3.07. The molecule has 0 fully saturated rings. The number of carbonyl (C=O) groups excluding carboxylic acids is 1. The van der Waals surface area contributed by atoms with Crippen LogP contribution in [0.2, 0.25) is 5.02 Å². The van der Waals surface area contributed by atoms with Crippen LogP contribution in [0, 0.1) is 5.92 Å². The lowest BCUT2D eigenvalue weighted by Crippen LogP contribution is -2.19. The van der Waals surface area contributed by atoms with E-state index in [2.05, 4.69) is 31.3 Å². The number of benzene rings is 2. The second-order valence-corrected chi connectivity index (χ2v) is 7.14. The maximum atomic E-state index is 12.7. The van der Waals surface area contributed by atoms with Gasteiger partial charge in [0.1, 0.15) is 11.5 Å². The van der Waals surface area contributed by atoms with Crippen molar-refractivity contribution < 1.29 is 14.3 Å². The van der Waals surface area contributed by atoms with Crippen molar-refractivity contribution in [2.45, 2.75) is 33.1 Å². The van der Waals surface area contributed by atoms with Crippen LogP contribution in [0.25, 0.3) is 0 Å². The van der Waals surface area contributed by atoms with Crippen LogP contribution < -0.4 is 14.8 Å². The summed E-state index contributed by atoms with van der Waals surface area (Å²) < 4.78 is 10.5. The molecular formula is C21H26ClNO3. The molecule has 2 aromatic rings. The summed E-state index contributed by atoms with van der Waals surface area (Å²) in [6, 6.07) is 11.5.